The van der Waals surface area contributed by atoms with Gasteiger partial charge >= 0.3 is 0 Å². The van der Waals surface area contributed by atoms with Crippen LogP contribution in [-0.4, -0.2) is 40.6 Å². The van der Waals surface area contributed by atoms with E-state index in [2.05, 4.69) is 10.3 Å². The SMILES string of the molecule is CC(=O)c1csc(NC(=O)C2CCN(C(=O)C(C)(C)C)CC2)n1. The van der Waals surface area contributed by atoms with Crippen molar-refractivity contribution in [1.82, 2.24) is 9.88 Å². The third-order valence-corrected chi connectivity index (χ3v) is 4.65. The number of Topliss-reactive ketones (excluding diaryl/α,β-unsaturated/α-hetero) is 1. The molecule has 1 aliphatic heterocycles. The van der Waals surface area contributed by atoms with E-state index in [1.807, 2.05) is 25.7 Å². The molecule has 2 amide bonds. The minimum atomic E-state index is -0.390. The molecule has 2 heterocycles. The lowest BCUT2D eigenvalue weighted by molar-refractivity contribution is -0.142. The predicted octanol–water partition coefficient (Wildman–Crippen LogP) is 2.57. The van der Waals surface area contributed by atoms with Crippen molar-refractivity contribution in [1.29, 1.82) is 0 Å². The molecule has 1 aliphatic rings. The van der Waals surface area contributed by atoms with Crippen LogP contribution in [0, 0.1) is 11.3 Å². The third kappa shape index (κ3) is 4.37. The van der Waals surface area contributed by atoms with Crippen molar-refractivity contribution in [3.05, 3.63) is 11.1 Å². The Morgan fingerprint density at radius 1 is 1.26 bits per heavy atom. The first-order chi connectivity index (χ1) is 10.7. The van der Waals surface area contributed by atoms with E-state index in [1.54, 1.807) is 5.38 Å². The van der Waals surface area contributed by atoms with Crippen molar-refractivity contribution in [3.63, 3.8) is 0 Å². The monoisotopic (exact) mass is 337 g/mol. The van der Waals surface area contributed by atoms with Gasteiger partial charge in [-0.3, -0.25) is 14.4 Å². The van der Waals surface area contributed by atoms with E-state index < -0.39 is 0 Å². The molecule has 2 rings (SSSR count). The smallest absolute Gasteiger partial charge is 0.229 e. The Balaban J connectivity index is 1.88. The van der Waals surface area contributed by atoms with Crippen LogP contribution in [0.4, 0.5) is 5.13 Å². The van der Waals surface area contributed by atoms with Crippen LogP contribution in [0.2, 0.25) is 0 Å². The molecule has 0 aromatic carbocycles. The second-order valence-electron chi connectivity index (χ2n) is 6.90. The van der Waals surface area contributed by atoms with Gasteiger partial charge in [-0.15, -0.1) is 11.3 Å². The number of thiazole rings is 1. The zero-order chi connectivity index (χ0) is 17.2. The fraction of sp³-hybridized carbons (Fsp3) is 0.625. The molecule has 23 heavy (non-hydrogen) atoms. The van der Waals surface area contributed by atoms with Crippen molar-refractivity contribution < 1.29 is 14.4 Å². The highest BCUT2D eigenvalue weighted by atomic mass is 32.1. The van der Waals surface area contributed by atoms with E-state index in [0.717, 1.165) is 0 Å². The number of ketones is 1. The normalized spacial score (nSPS) is 16.3. The Labute approximate surface area is 140 Å². The fourth-order valence-corrected chi connectivity index (χ4v) is 3.27. The number of hydrogen-bond donors (Lipinski definition) is 1. The molecule has 1 N–H and O–H groups in total. The molecule has 0 bridgehead atoms. The standard InChI is InChI=1S/C16H23N3O3S/c1-10(20)12-9-23-15(17-12)18-13(21)11-5-7-19(8-6-11)14(22)16(2,3)4/h9,11H,5-8H2,1-4H3,(H,17,18,21). The fourth-order valence-electron chi connectivity index (χ4n) is 2.52. The number of aromatic nitrogens is 1. The summed E-state index contributed by atoms with van der Waals surface area (Å²) in [5, 5.41) is 4.87. The van der Waals surface area contributed by atoms with E-state index >= 15 is 0 Å². The molecule has 1 saturated heterocycles. The van der Waals surface area contributed by atoms with Crippen LogP contribution in [0.5, 0.6) is 0 Å². The molecule has 7 heteroatoms. The van der Waals surface area contributed by atoms with Gasteiger partial charge in [0.1, 0.15) is 5.69 Å². The molecule has 1 aromatic heterocycles. The molecule has 6 nitrogen and oxygen atoms in total. The summed E-state index contributed by atoms with van der Waals surface area (Å²) in [6, 6.07) is 0. The second-order valence-corrected chi connectivity index (χ2v) is 7.76. The molecule has 0 spiro atoms. The zero-order valence-electron chi connectivity index (χ0n) is 14.0. The Morgan fingerprint density at radius 3 is 2.35 bits per heavy atom. The number of anilines is 1. The summed E-state index contributed by atoms with van der Waals surface area (Å²) in [6.45, 7) is 8.37. The van der Waals surface area contributed by atoms with E-state index in [4.69, 9.17) is 0 Å². The maximum absolute atomic E-state index is 12.3. The van der Waals surface area contributed by atoms with Gasteiger partial charge in [0.25, 0.3) is 0 Å². The lowest BCUT2D eigenvalue weighted by Crippen LogP contribution is -2.45. The summed E-state index contributed by atoms with van der Waals surface area (Å²) in [5.41, 5.74) is -0.0186. The highest BCUT2D eigenvalue weighted by Crippen LogP contribution is 2.25. The van der Waals surface area contributed by atoms with Crippen molar-refractivity contribution in [2.24, 2.45) is 11.3 Å². The molecule has 0 unspecified atom stereocenters. The summed E-state index contributed by atoms with van der Waals surface area (Å²) >= 11 is 1.25. The maximum atomic E-state index is 12.3. The first-order valence-corrected chi connectivity index (χ1v) is 8.63. The molecule has 0 atom stereocenters. The summed E-state index contributed by atoms with van der Waals surface area (Å²) in [4.78, 5) is 41.7. The highest BCUT2D eigenvalue weighted by Gasteiger charge is 2.32. The van der Waals surface area contributed by atoms with Crippen LogP contribution in [0.3, 0.4) is 0 Å². The van der Waals surface area contributed by atoms with Crippen LogP contribution in [0.1, 0.15) is 51.0 Å². The van der Waals surface area contributed by atoms with E-state index in [0.29, 0.717) is 36.8 Å². The van der Waals surface area contributed by atoms with Gasteiger partial charge in [0.05, 0.1) is 0 Å². The predicted molar refractivity (Wildman–Crippen MR) is 89.5 cm³/mol. The maximum Gasteiger partial charge on any atom is 0.229 e. The summed E-state index contributed by atoms with van der Waals surface area (Å²) in [5.74, 6) is -0.195. The summed E-state index contributed by atoms with van der Waals surface area (Å²) in [7, 11) is 0. The van der Waals surface area contributed by atoms with Crippen LogP contribution < -0.4 is 5.32 Å². The number of amides is 2. The molecular weight excluding hydrogens is 314 g/mol. The molecule has 1 aromatic rings. The topological polar surface area (TPSA) is 79.4 Å². The summed E-state index contributed by atoms with van der Waals surface area (Å²) < 4.78 is 0. The average Bonchev–Trinajstić information content (AvgIpc) is 2.94. The number of nitrogens with zero attached hydrogens (tertiary/aromatic N) is 2. The quantitative estimate of drug-likeness (QED) is 0.860. The number of hydrogen-bond acceptors (Lipinski definition) is 5. The van der Waals surface area contributed by atoms with Crippen LogP contribution in [-0.2, 0) is 9.59 Å². The van der Waals surface area contributed by atoms with Gasteiger partial charge in [-0.05, 0) is 12.8 Å². The number of rotatable bonds is 3. The van der Waals surface area contributed by atoms with Gasteiger partial charge in [0.15, 0.2) is 10.9 Å². The minimum absolute atomic E-state index is 0.0858. The van der Waals surface area contributed by atoms with Gasteiger partial charge in [-0.1, -0.05) is 20.8 Å². The molecular formula is C16H23N3O3S. The number of likely N-dealkylation sites (tertiary alicyclic amines) is 1. The first-order valence-electron chi connectivity index (χ1n) is 7.75. The van der Waals surface area contributed by atoms with Crippen molar-refractivity contribution in [2.45, 2.75) is 40.5 Å². The third-order valence-electron chi connectivity index (χ3n) is 3.89. The zero-order valence-corrected chi connectivity index (χ0v) is 14.8. The largest absolute Gasteiger partial charge is 0.342 e. The number of piperidine rings is 1. The molecule has 126 valence electrons. The van der Waals surface area contributed by atoms with E-state index in [-0.39, 0.29) is 28.9 Å². The van der Waals surface area contributed by atoms with E-state index in [9.17, 15) is 14.4 Å². The number of nitrogens with one attached hydrogen (secondary N) is 1. The van der Waals surface area contributed by atoms with Gasteiger partial charge in [0, 0.05) is 36.7 Å². The van der Waals surface area contributed by atoms with Gasteiger partial charge in [0.2, 0.25) is 11.8 Å². The van der Waals surface area contributed by atoms with Gasteiger partial charge in [-0.25, -0.2) is 4.98 Å². The van der Waals surface area contributed by atoms with Crippen LogP contribution in [0.15, 0.2) is 5.38 Å². The van der Waals surface area contributed by atoms with Crippen molar-refractivity contribution in [3.8, 4) is 0 Å². The number of carbonyl (C=O) groups excluding carboxylic acids is 3. The van der Waals surface area contributed by atoms with Crippen molar-refractivity contribution in [2.75, 3.05) is 18.4 Å². The Hall–Kier alpha value is -1.76. The molecule has 0 radical (unpaired) electrons. The van der Waals surface area contributed by atoms with Gasteiger partial charge < -0.3 is 10.2 Å². The molecule has 0 aliphatic carbocycles. The highest BCUT2D eigenvalue weighted by molar-refractivity contribution is 7.14. The van der Waals surface area contributed by atoms with Gasteiger partial charge in [-0.2, -0.15) is 0 Å². The summed E-state index contributed by atoms with van der Waals surface area (Å²) in [6.07, 6.45) is 1.30. The Bertz CT molecular complexity index is 610. The minimum Gasteiger partial charge on any atom is -0.342 e. The Morgan fingerprint density at radius 2 is 1.87 bits per heavy atom. The van der Waals surface area contributed by atoms with Crippen LogP contribution >= 0.6 is 11.3 Å². The Kier molecular flexibility index (Phi) is 5.19. The lowest BCUT2D eigenvalue weighted by atomic mass is 9.91. The first kappa shape index (κ1) is 17.6. The van der Waals surface area contributed by atoms with Crippen molar-refractivity contribution >= 4 is 34.1 Å². The number of carbonyl (C=O) groups is 3. The molecule has 0 saturated carbocycles. The molecule has 1 fully saturated rings. The lowest BCUT2D eigenvalue weighted by Gasteiger charge is -2.35. The average molecular weight is 337 g/mol. The van der Waals surface area contributed by atoms with E-state index in [1.165, 1.54) is 18.3 Å². The second kappa shape index (κ2) is 6.78. The van der Waals surface area contributed by atoms with Crippen LogP contribution in [0.25, 0.3) is 0 Å².